The molecule has 7 nitrogen and oxygen atoms in total. The Bertz CT molecular complexity index is 1060. The fourth-order valence-electron chi connectivity index (χ4n) is 4.64. The lowest BCUT2D eigenvalue weighted by Crippen LogP contribution is -2.55. The number of methoxy groups -OCH3 is 1. The summed E-state index contributed by atoms with van der Waals surface area (Å²) < 4.78 is 11.0. The molecule has 0 bridgehead atoms. The Morgan fingerprint density at radius 1 is 1.10 bits per heavy atom. The molecule has 0 unspecified atom stereocenters. The molecule has 2 atom stereocenters. The molecular formula is C24H26N2O5. The molecule has 2 aliphatic heterocycles. The van der Waals surface area contributed by atoms with Crippen LogP contribution in [0.25, 0.3) is 0 Å². The number of likely N-dealkylation sites (tertiary alicyclic amines) is 1. The molecule has 7 heteroatoms. The maximum atomic E-state index is 13.9. The zero-order chi connectivity index (χ0) is 22.6. The van der Waals surface area contributed by atoms with E-state index in [4.69, 9.17) is 9.47 Å². The lowest BCUT2D eigenvalue weighted by Gasteiger charge is -2.37. The van der Waals surface area contributed by atoms with E-state index in [1.807, 2.05) is 30.3 Å². The third-order valence-corrected chi connectivity index (χ3v) is 5.87. The van der Waals surface area contributed by atoms with Gasteiger partial charge in [0.25, 0.3) is 5.91 Å². The number of fused-ring (bicyclic) bond motifs is 2. The molecule has 31 heavy (non-hydrogen) atoms. The molecule has 1 fully saturated rings. The summed E-state index contributed by atoms with van der Waals surface area (Å²) in [4.78, 5) is 43.0. The molecule has 0 N–H and O–H groups in total. The molecule has 0 aliphatic carbocycles. The number of ether oxygens (including phenoxy) is 2. The van der Waals surface area contributed by atoms with E-state index in [1.54, 1.807) is 46.0 Å². The van der Waals surface area contributed by atoms with E-state index in [-0.39, 0.29) is 12.3 Å². The van der Waals surface area contributed by atoms with Crippen molar-refractivity contribution in [3.63, 3.8) is 0 Å². The van der Waals surface area contributed by atoms with E-state index in [0.717, 1.165) is 10.5 Å². The van der Waals surface area contributed by atoms with Crippen LogP contribution in [0.15, 0.2) is 48.5 Å². The highest BCUT2D eigenvalue weighted by Crippen LogP contribution is 2.57. The third kappa shape index (κ3) is 3.07. The highest BCUT2D eigenvalue weighted by Gasteiger charge is 2.67. The number of anilines is 1. The summed E-state index contributed by atoms with van der Waals surface area (Å²) in [5, 5.41) is 0. The van der Waals surface area contributed by atoms with Gasteiger partial charge >= 0.3 is 6.09 Å². The monoisotopic (exact) mass is 422 g/mol. The van der Waals surface area contributed by atoms with Crippen LogP contribution in [0, 0.1) is 0 Å². The molecule has 1 saturated heterocycles. The molecule has 162 valence electrons. The van der Waals surface area contributed by atoms with Gasteiger partial charge in [0, 0.05) is 30.6 Å². The predicted octanol–water partition coefficient (Wildman–Crippen LogP) is 3.82. The molecule has 2 aliphatic rings. The van der Waals surface area contributed by atoms with E-state index in [9.17, 15) is 14.4 Å². The van der Waals surface area contributed by atoms with Crippen molar-refractivity contribution >= 4 is 23.6 Å². The van der Waals surface area contributed by atoms with Crippen LogP contribution in [0.1, 0.15) is 44.2 Å². The zero-order valence-corrected chi connectivity index (χ0v) is 18.3. The summed E-state index contributed by atoms with van der Waals surface area (Å²) in [7, 11) is 3.19. The van der Waals surface area contributed by atoms with Crippen molar-refractivity contribution in [2.45, 2.75) is 44.2 Å². The second-order valence-electron chi connectivity index (χ2n) is 8.89. The Morgan fingerprint density at radius 2 is 1.77 bits per heavy atom. The van der Waals surface area contributed by atoms with Crippen molar-refractivity contribution in [2.24, 2.45) is 0 Å². The SMILES string of the molecule is COc1ccc2c(c1)[C@]1(C(=O)N2C)[C@@H](c2ccccc2)CC(=O)N1C(=O)OC(C)(C)C. The highest BCUT2D eigenvalue weighted by atomic mass is 16.6. The van der Waals surface area contributed by atoms with E-state index in [0.29, 0.717) is 17.0 Å². The van der Waals surface area contributed by atoms with Gasteiger partial charge in [-0.15, -0.1) is 0 Å². The number of nitrogens with zero attached hydrogens (tertiary/aromatic N) is 2. The van der Waals surface area contributed by atoms with Crippen molar-refractivity contribution in [3.8, 4) is 5.75 Å². The number of imide groups is 1. The van der Waals surface area contributed by atoms with Crippen LogP contribution < -0.4 is 9.64 Å². The molecule has 0 aromatic heterocycles. The topological polar surface area (TPSA) is 76.2 Å². The minimum absolute atomic E-state index is 0.0134. The van der Waals surface area contributed by atoms with Crippen LogP contribution >= 0.6 is 0 Å². The fraction of sp³-hybridized carbons (Fsp3) is 0.375. The molecule has 4 rings (SSSR count). The van der Waals surface area contributed by atoms with Crippen LogP contribution in [-0.2, 0) is 19.9 Å². The molecule has 2 heterocycles. The van der Waals surface area contributed by atoms with Gasteiger partial charge in [-0.05, 0) is 44.5 Å². The van der Waals surface area contributed by atoms with Gasteiger partial charge in [0.1, 0.15) is 11.4 Å². The number of hydrogen-bond donors (Lipinski definition) is 0. The van der Waals surface area contributed by atoms with Crippen LogP contribution in [0.4, 0.5) is 10.5 Å². The Balaban J connectivity index is 2.00. The maximum Gasteiger partial charge on any atom is 0.418 e. The lowest BCUT2D eigenvalue weighted by atomic mass is 9.75. The number of amides is 3. The average molecular weight is 422 g/mol. The standard InChI is InChI=1S/C24H26N2O5/c1-23(2,3)31-22(29)26-20(27)14-17(15-9-7-6-8-10-15)24(26)18-13-16(30-5)11-12-19(18)25(4)21(24)28/h6-13,17H,14H2,1-5H3/t17-,24+/m1/s1. The first-order valence-electron chi connectivity index (χ1n) is 10.2. The van der Waals surface area contributed by atoms with Gasteiger partial charge in [-0.3, -0.25) is 9.59 Å². The van der Waals surface area contributed by atoms with Gasteiger partial charge in [0.05, 0.1) is 7.11 Å². The summed E-state index contributed by atoms with van der Waals surface area (Å²) in [6.45, 7) is 5.19. The summed E-state index contributed by atoms with van der Waals surface area (Å²) in [5.74, 6) is -0.810. The first-order valence-corrected chi connectivity index (χ1v) is 10.2. The third-order valence-electron chi connectivity index (χ3n) is 5.87. The number of likely N-dealkylation sites (N-methyl/N-ethyl adjacent to an activating group) is 1. The van der Waals surface area contributed by atoms with Gasteiger partial charge in [-0.25, -0.2) is 9.69 Å². The normalized spacial score (nSPS) is 22.8. The summed E-state index contributed by atoms with van der Waals surface area (Å²) >= 11 is 0. The summed E-state index contributed by atoms with van der Waals surface area (Å²) in [6.07, 6.45) is -0.812. The lowest BCUT2D eigenvalue weighted by molar-refractivity contribution is -0.138. The largest absolute Gasteiger partial charge is 0.497 e. The number of carbonyl (C=O) groups excluding carboxylic acids is 3. The zero-order valence-electron chi connectivity index (χ0n) is 18.3. The number of rotatable bonds is 2. The van der Waals surface area contributed by atoms with Crippen molar-refractivity contribution in [1.82, 2.24) is 4.90 Å². The first kappa shape index (κ1) is 20.9. The molecular weight excluding hydrogens is 396 g/mol. The van der Waals surface area contributed by atoms with Gasteiger partial charge in [-0.2, -0.15) is 0 Å². The van der Waals surface area contributed by atoms with Crippen LogP contribution in [0.3, 0.4) is 0 Å². The predicted molar refractivity (Wildman–Crippen MR) is 115 cm³/mol. The second kappa shape index (κ2) is 7.11. The quantitative estimate of drug-likeness (QED) is 0.735. The van der Waals surface area contributed by atoms with Gasteiger partial charge < -0.3 is 14.4 Å². The van der Waals surface area contributed by atoms with E-state index in [2.05, 4.69) is 0 Å². The van der Waals surface area contributed by atoms with Crippen molar-refractivity contribution in [2.75, 3.05) is 19.1 Å². The van der Waals surface area contributed by atoms with E-state index >= 15 is 0 Å². The van der Waals surface area contributed by atoms with Crippen molar-refractivity contribution in [1.29, 1.82) is 0 Å². The maximum absolute atomic E-state index is 13.9. The van der Waals surface area contributed by atoms with Crippen LogP contribution in [0.2, 0.25) is 0 Å². The first-order chi connectivity index (χ1) is 14.6. The molecule has 0 radical (unpaired) electrons. The van der Waals surface area contributed by atoms with E-state index < -0.39 is 29.1 Å². The second-order valence-corrected chi connectivity index (χ2v) is 8.89. The summed E-state index contributed by atoms with van der Waals surface area (Å²) in [6, 6.07) is 14.6. The Morgan fingerprint density at radius 3 is 2.39 bits per heavy atom. The minimum Gasteiger partial charge on any atom is -0.497 e. The minimum atomic E-state index is -1.54. The van der Waals surface area contributed by atoms with Crippen molar-refractivity contribution < 1.29 is 23.9 Å². The number of benzene rings is 2. The molecule has 1 spiro atoms. The fourth-order valence-corrected chi connectivity index (χ4v) is 4.64. The smallest absolute Gasteiger partial charge is 0.418 e. The van der Waals surface area contributed by atoms with E-state index in [1.165, 1.54) is 12.0 Å². The van der Waals surface area contributed by atoms with Gasteiger partial charge in [0.2, 0.25) is 5.91 Å². The van der Waals surface area contributed by atoms with Crippen molar-refractivity contribution in [3.05, 3.63) is 59.7 Å². The number of hydrogen-bond acceptors (Lipinski definition) is 5. The molecule has 2 aromatic rings. The van der Waals surface area contributed by atoms with Gasteiger partial charge in [-0.1, -0.05) is 30.3 Å². The molecule has 3 amide bonds. The van der Waals surface area contributed by atoms with Crippen LogP contribution in [0.5, 0.6) is 5.75 Å². The van der Waals surface area contributed by atoms with Crippen LogP contribution in [-0.4, -0.2) is 42.6 Å². The number of carbonyl (C=O) groups is 3. The Kier molecular flexibility index (Phi) is 4.80. The highest BCUT2D eigenvalue weighted by molar-refractivity contribution is 6.15. The average Bonchev–Trinajstić information content (AvgIpc) is 3.15. The molecule has 0 saturated carbocycles. The van der Waals surface area contributed by atoms with Gasteiger partial charge in [0.15, 0.2) is 5.54 Å². The molecule has 2 aromatic carbocycles. The summed E-state index contributed by atoms with van der Waals surface area (Å²) in [5.41, 5.74) is -0.368. The Hall–Kier alpha value is -3.35. The Labute approximate surface area is 181 Å².